The molecular weight excluding hydrogens is 440 g/mol. The van der Waals surface area contributed by atoms with Gasteiger partial charge in [0, 0.05) is 18.5 Å². The summed E-state index contributed by atoms with van der Waals surface area (Å²) < 4.78 is 12.3. The number of esters is 1. The normalized spacial score (nSPS) is 16.8. The third-order valence-corrected chi connectivity index (χ3v) is 5.58. The molecule has 1 aromatic heterocycles. The van der Waals surface area contributed by atoms with Crippen molar-refractivity contribution in [2.75, 3.05) is 25.6 Å². The van der Waals surface area contributed by atoms with Crippen LogP contribution in [0.15, 0.2) is 22.8 Å². The minimum absolute atomic E-state index is 0.0338. The van der Waals surface area contributed by atoms with Gasteiger partial charge >= 0.3 is 5.97 Å². The molecule has 0 spiro atoms. The summed E-state index contributed by atoms with van der Waals surface area (Å²) in [4.78, 5) is 23.8. The second kappa shape index (κ2) is 8.28. The lowest BCUT2D eigenvalue weighted by Gasteiger charge is -2.22. The van der Waals surface area contributed by atoms with Crippen LogP contribution in [0, 0.1) is 0 Å². The number of nitrogens with two attached hydrogens (primary N) is 1. The van der Waals surface area contributed by atoms with Gasteiger partial charge in [0.05, 0.1) is 34.8 Å². The molecule has 1 atom stereocenters. The minimum Gasteiger partial charge on any atom is -0.465 e. The van der Waals surface area contributed by atoms with E-state index in [4.69, 9.17) is 26.8 Å². The summed E-state index contributed by atoms with van der Waals surface area (Å²) >= 11 is 9.45. The highest BCUT2D eigenvalue weighted by Crippen LogP contribution is 2.33. The second-order valence-electron chi connectivity index (χ2n) is 6.04. The number of nitrogens with one attached hydrogen (secondary N) is 1. The lowest BCUT2D eigenvalue weighted by atomic mass is 10.1. The van der Waals surface area contributed by atoms with Gasteiger partial charge in [0.25, 0.3) is 5.91 Å². The van der Waals surface area contributed by atoms with Crippen molar-refractivity contribution in [1.29, 1.82) is 0 Å². The lowest BCUT2D eigenvalue weighted by Crippen LogP contribution is -2.21. The predicted molar refractivity (Wildman–Crippen MR) is 104 cm³/mol. The number of rotatable bonds is 5. The van der Waals surface area contributed by atoms with Crippen molar-refractivity contribution < 1.29 is 19.1 Å². The van der Waals surface area contributed by atoms with E-state index in [1.54, 1.807) is 23.0 Å². The van der Waals surface area contributed by atoms with Gasteiger partial charge in [0.2, 0.25) is 0 Å². The first-order chi connectivity index (χ1) is 12.9. The molecule has 0 bridgehead atoms. The Bertz CT molecular complexity index is 880. The Morgan fingerprint density at radius 3 is 2.85 bits per heavy atom. The van der Waals surface area contributed by atoms with Crippen LogP contribution in [0.5, 0.6) is 0 Å². The summed E-state index contributed by atoms with van der Waals surface area (Å²) in [7, 11) is 1.28. The number of hydrogen-bond acceptors (Lipinski definition) is 6. The molecule has 2 heterocycles. The molecule has 1 aliphatic rings. The van der Waals surface area contributed by atoms with Gasteiger partial charge in [0.15, 0.2) is 5.82 Å². The van der Waals surface area contributed by atoms with Crippen LogP contribution >= 0.6 is 27.5 Å². The van der Waals surface area contributed by atoms with Crippen molar-refractivity contribution >= 4 is 50.9 Å². The highest BCUT2D eigenvalue weighted by atomic mass is 79.9. The predicted octanol–water partition coefficient (Wildman–Crippen LogP) is 3.28. The Morgan fingerprint density at radius 2 is 2.22 bits per heavy atom. The Labute approximate surface area is 169 Å². The molecule has 0 unspecified atom stereocenters. The van der Waals surface area contributed by atoms with Gasteiger partial charge in [0.1, 0.15) is 5.56 Å². The molecular formula is C17H18BrClN4O4. The van der Waals surface area contributed by atoms with E-state index in [-0.39, 0.29) is 23.0 Å². The fraction of sp³-hybridized carbons (Fsp3) is 0.353. The van der Waals surface area contributed by atoms with E-state index in [2.05, 4.69) is 26.3 Å². The van der Waals surface area contributed by atoms with Gasteiger partial charge < -0.3 is 20.5 Å². The molecule has 1 amide bonds. The van der Waals surface area contributed by atoms with Crippen LogP contribution in [0.3, 0.4) is 0 Å². The van der Waals surface area contributed by atoms with Crippen molar-refractivity contribution in [3.8, 4) is 0 Å². The highest BCUT2D eigenvalue weighted by Gasteiger charge is 2.22. The van der Waals surface area contributed by atoms with Gasteiger partial charge in [-0.15, -0.1) is 0 Å². The average molecular weight is 458 g/mol. The number of hydrogen-bond donors (Lipinski definition) is 2. The van der Waals surface area contributed by atoms with Gasteiger partial charge in [-0.2, -0.15) is 5.10 Å². The third kappa shape index (κ3) is 4.26. The average Bonchev–Trinajstić information content (AvgIpc) is 3.08. The SMILES string of the molecule is COC(=O)c1cc(Nc2nn([C@@H]3CCCOC3)cc2C(N)=O)cc(Cl)c1Br. The Balaban J connectivity index is 1.95. The van der Waals surface area contributed by atoms with Crippen LogP contribution in [-0.4, -0.2) is 42.0 Å². The number of methoxy groups -OCH3 is 1. The Kier molecular flexibility index (Phi) is 6.03. The van der Waals surface area contributed by atoms with Gasteiger partial charge in [-0.3, -0.25) is 9.48 Å². The molecule has 1 aliphatic heterocycles. The maximum absolute atomic E-state index is 11.9. The smallest absolute Gasteiger partial charge is 0.339 e. The third-order valence-electron chi connectivity index (χ3n) is 4.20. The van der Waals surface area contributed by atoms with Crippen molar-refractivity contribution in [2.45, 2.75) is 18.9 Å². The molecule has 1 fully saturated rings. The molecule has 3 rings (SSSR count). The summed E-state index contributed by atoms with van der Waals surface area (Å²) in [5.41, 5.74) is 6.44. The van der Waals surface area contributed by atoms with Crippen LogP contribution in [0.4, 0.5) is 11.5 Å². The maximum atomic E-state index is 11.9. The van der Waals surface area contributed by atoms with Crippen LogP contribution < -0.4 is 11.1 Å². The first-order valence-corrected chi connectivity index (χ1v) is 9.39. The Morgan fingerprint density at radius 1 is 1.44 bits per heavy atom. The minimum atomic E-state index is -0.614. The zero-order valence-corrected chi connectivity index (χ0v) is 16.8. The molecule has 3 N–H and O–H groups in total. The molecule has 0 aliphatic carbocycles. The first kappa shape index (κ1) is 19.7. The fourth-order valence-corrected chi connectivity index (χ4v) is 3.45. The van der Waals surface area contributed by atoms with E-state index >= 15 is 0 Å². The molecule has 8 nitrogen and oxygen atoms in total. The second-order valence-corrected chi connectivity index (χ2v) is 7.24. The zero-order chi connectivity index (χ0) is 19.6. The van der Waals surface area contributed by atoms with Crippen molar-refractivity contribution in [3.63, 3.8) is 0 Å². The molecule has 2 aromatic rings. The fourth-order valence-electron chi connectivity index (χ4n) is 2.84. The van der Waals surface area contributed by atoms with Crippen molar-refractivity contribution in [1.82, 2.24) is 9.78 Å². The summed E-state index contributed by atoms with van der Waals surface area (Å²) in [5, 5.41) is 7.77. The van der Waals surface area contributed by atoms with Crippen molar-refractivity contribution in [2.24, 2.45) is 5.73 Å². The molecule has 1 aromatic carbocycles. The van der Waals surface area contributed by atoms with Crippen LogP contribution in [-0.2, 0) is 9.47 Å². The highest BCUT2D eigenvalue weighted by molar-refractivity contribution is 9.10. The number of anilines is 2. The lowest BCUT2D eigenvalue weighted by molar-refractivity contribution is 0.0550. The number of ether oxygens (including phenoxy) is 2. The summed E-state index contributed by atoms with van der Waals surface area (Å²) in [5.74, 6) is -0.883. The van der Waals surface area contributed by atoms with Crippen LogP contribution in [0.25, 0.3) is 0 Å². The largest absolute Gasteiger partial charge is 0.465 e. The van der Waals surface area contributed by atoms with Gasteiger partial charge in [-0.1, -0.05) is 11.6 Å². The number of nitrogens with zero attached hydrogens (tertiary/aromatic N) is 2. The zero-order valence-electron chi connectivity index (χ0n) is 14.5. The standard InChI is InChI=1S/C17H18BrClN4O4/c1-26-17(25)11-5-9(6-13(19)14(11)18)21-16-12(15(20)24)7-23(22-16)10-3-2-4-27-8-10/h5-7,10H,2-4,8H2,1H3,(H2,20,24)(H,21,22)/t10-/m1/s1. The quantitative estimate of drug-likeness (QED) is 0.667. The molecule has 144 valence electrons. The van der Waals surface area contributed by atoms with E-state index < -0.39 is 11.9 Å². The van der Waals surface area contributed by atoms with Crippen molar-refractivity contribution in [3.05, 3.63) is 39.0 Å². The van der Waals surface area contributed by atoms with E-state index in [0.29, 0.717) is 21.8 Å². The molecule has 0 radical (unpaired) electrons. The summed E-state index contributed by atoms with van der Waals surface area (Å²) in [6.45, 7) is 1.25. The maximum Gasteiger partial charge on any atom is 0.339 e. The summed E-state index contributed by atoms with van der Waals surface area (Å²) in [6, 6.07) is 3.19. The van der Waals surface area contributed by atoms with E-state index in [0.717, 1.165) is 19.4 Å². The molecule has 27 heavy (non-hydrogen) atoms. The number of halogens is 2. The van der Waals surface area contributed by atoms with E-state index in [1.807, 2.05) is 0 Å². The van der Waals surface area contributed by atoms with Gasteiger partial charge in [-0.05, 0) is 40.9 Å². The van der Waals surface area contributed by atoms with Crippen LogP contribution in [0.2, 0.25) is 5.02 Å². The number of primary amides is 1. The van der Waals surface area contributed by atoms with E-state index in [1.165, 1.54) is 7.11 Å². The Hall–Kier alpha value is -2.10. The number of benzene rings is 1. The molecule has 10 heteroatoms. The number of amides is 1. The number of carbonyl (C=O) groups is 2. The number of carbonyl (C=O) groups excluding carboxylic acids is 2. The monoisotopic (exact) mass is 456 g/mol. The van der Waals surface area contributed by atoms with E-state index in [9.17, 15) is 9.59 Å². The molecule has 1 saturated heterocycles. The number of aromatic nitrogens is 2. The first-order valence-electron chi connectivity index (χ1n) is 8.21. The summed E-state index contributed by atoms with van der Waals surface area (Å²) in [6.07, 6.45) is 3.42. The van der Waals surface area contributed by atoms with Gasteiger partial charge in [-0.25, -0.2) is 4.79 Å². The topological polar surface area (TPSA) is 108 Å². The van der Waals surface area contributed by atoms with Crippen LogP contribution in [0.1, 0.15) is 39.6 Å². The molecule has 0 saturated carbocycles.